The minimum absolute atomic E-state index is 0.866. The zero-order chi connectivity index (χ0) is 19.6. The van der Waals surface area contributed by atoms with Crippen LogP contribution in [0.3, 0.4) is 0 Å². The molecule has 0 amide bonds. The van der Waals surface area contributed by atoms with Gasteiger partial charge in [0, 0.05) is 0 Å². The van der Waals surface area contributed by atoms with E-state index in [0.29, 0.717) is 0 Å². The van der Waals surface area contributed by atoms with E-state index in [1.807, 2.05) is 12.1 Å². The third-order valence-electron chi connectivity index (χ3n) is 5.38. The van der Waals surface area contributed by atoms with E-state index >= 15 is 0 Å². The summed E-state index contributed by atoms with van der Waals surface area (Å²) in [6.45, 7) is 0. The van der Waals surface area contributed by atoms with Gasteiger partial charge in [0.15, 0.2) is 0 Å². The summed E-state index contributed by atoms with van der Waals surface area (Å²) in [6, 6.07) is 35.9. The highest BCUT2D eigenvalue weighted by molar-refractivity contribution is 6.21. The van der Waals surface area contributed by atoms with Gasteiger partial charge >= 0.3 is 0 Å². The molecule has 1 N–H and O–H groups in total. The van der Waals surface area contributed by atoms with Crippen LogP contribution < -0.4 is 0 Å². The first-order valence-electron chi connectivity index (χ1n) is 9.63. The molecule has 2 nitrogen and oxygen atoms in total. The first-order chi connectivity index (χ1) is 14.4. The minimum atomic E-state index is 0.866. The zero-order valence-electron chi connectivity index (χ0n) is 15.8. The molecule has 0 atom stereocenters. The Morgan fingerprint density at radius 1 is 0.517 bits per heavy atom. The fourth-order valence-corrected chi connectivity index (χ4v) is 4.20. The summed E-state index contributed by atoms with van der Waals surface area (Å²) in [5.74, 6) is 0. The summed E-state index contributed by atoms with van der Waals surface area (Å²) >= 11 is 0. The van der Waals surface area contributed by atoms with Crippen LogP contribution in [-0.2, 0) is 0 Å². The highest BCUT2D eigenvalue weighted by Gasteiger charge is 2.16. The fourth-order valence-electron chi connectivity index (χ4n) is 4.20. The molecule has 2 heteroatoms. The summed E-state index contributed by atoms with van der Waals surface area (Å²) in [5, 5.41) is 17.0. The second kappa shape index (κ2) is 7.25. The second-order valence-corrected chi connectivity index (χ2v) is 7.08. The third kappa shape index (κ3) is 2.95. The van der Waals surface area contributed by atoms with Gasteiger partial charge in [-0.3, -0.25) is 0 Å². The molecule has 0 unspecified atom stereocenters. The Balaban J connectivity index is 1.95. The molecule has 29 heavy (non-hydrogen) atoms. The maximum absolute atomic E-state index is 8.96. The number of rotatable bonds is 3. The number of nitrogens with zero attached hydrogens (tertiary/aromatic N) is 1. The lowest BCUT2D eigenvalue weighted by Crippen LogP contribution is -1.91. The van der Waals surface area contributed by atoms with Gasteiger partial charge in [-0.2, -0.15) is 0 Å². The minimum Gasteiger partial charge on any atom is -0.411 e. The third-order valence-corrected chi connectivity index (χ3v) is 5.38. The van der Waals surface area contributed by atoms with E-state index in [9.17, 15) is 0 Å². The summed E-state index contributed by atoms with van der Waals surface area (Å²) in [6.07, 6.45) is 1.46. The maximum Gasteiger partial charge on any atom is 0.0734 e. The van der Waals surface area contributed by atoms with E-state index in [4.69, 9.17) is 5.21 Å². The number of fused-ring (bicyclic) bond motifs is 2. The van der Waals surface area contributed by atoms with Crippen molar-refractivity contribution in [1.29, 1.82) is 0 Å². The molecule has 5 aromatic rings. The predicted octanol–water partition coefficient (Wildman–Crippen LogP) is 7.14. The van der Waals surface area contributed by atoms with Crippen LogP contribution in [0, 0.1) is 0 Å². The SMILES string of the molecule is O/N=C/c1cccc(-c2c3ccccc3c(-c3ccccc3)c3ccccc23)c1. The van der Waals surface area contributed by atoms with E-state index in [1.165, 1.54) is 44.4 Å². The molecule has 0 spiro atoms. The number of oxime groups is 1. The van der Waals surface area contributed by atoms with Crippen LogP contribution in [0.25, 0.3) is 43.8 Å². The molecule has 138 valence electrons. The molecule has 0 aliphatic heterocycles. The van der Waals surface area contributed by atoms with Crippen molar-refractivity contribution in [3.05, 3.63) is 109 Å². The van der Waals surface area contributed by atoms with Crippen molar-refractivity contribution < 1.29 is 5.21 Å². The molecular formula is C27H19NO. The lowest BCUT2D eigenvalue weighted by molar-refractivity contribution is 0.322. The van der Waals surface area contributed by atoms with Crippen molar-refractivity contribution in [1.82, 2.24) is 0 Å². The Bertz CT molecular complexity index is 1300. The second-order valence-electron chi connectivity index (χ2n) is 7.08. The highest BCUT2D eigenvalue weighted by Crippen LogP contribution is 2.43. The predicted molar refractivity (Wildman–Crippen MR) is 122 cm³/mol. The van der Waals surface area contributed by atoms with Gasteiger partial charge in [0.05, 0.1) is 6.21 Å². The van der Waals surface area contributed by atoms with Crippen molar-refractivity contribution in [2.24, 2.45) is 5.16 Å². The summed E-state index contributed by atoms with van der Waals surface area (Å²) in [5.41, 5.74) is 5.64. The smallest absolute Gasteiger partial charge is 0.0734 e. The van der Waals surface area contributed by atoms with Crippen LogP contribution in [0.4, 0.5) is 0 Å². The van der Waals surface area contributed by atoms with Crippen LogP contribution in [0.1, 0.15) is 5.56 Å². The Hall–Kier alpha value is -3.91. The molecule has 0 radical (unpaired) electrons. The van der Waals surface area contributed by atoms with Crippen molar-refractivity contribution in [3.63, 3.8) is 0 Å². The van der Waals surface area contributed by atoms with Crippen molar-refractivity contribution in [2.45, 2.75) is 0 Å². The van der Waals surface area contributed by atoms with Gasteiger partial charge in [0.25, 0.3) is 0 Å². The molecule has 0 aromatic heterocycles. The van der Waals surface area contributed by atoms with Gasteiger partial charge in [0.1, 0.15) is 0 Å². The Labute approximate surface area is 169 Å². The van der Waals surface area contributed by atoms with Crippen LogP contribution in [0.5, 0.6) is 0 Å². The van der Waals surface area contributed by atoms with Gasteiger partial charge in [-0.15, -0.1) is 0 Å². The molecule has 0 saturated heterocycles. The van der Waals surface area contributed by atoms with Crippen LogP contribution in [-0.4, -0.2) is 11.4 Å². The van der Waals surface area contributed by atoms with Crippen molar-refractivity contribution in [3.8, 4) is 22.3 Å². The maximum atomic E-state index is 8.96. The molecule has 0 saturated carbocycles. The van der Waals surface area contributed by atoms with Gasteiger partial charge in [0.2, 0.25) is 0 Å². The van der Waals surface area contributed by atoms with Crippen LogP contribution >= 0.6 is 0 Å². The standard InChI is InChI=1S/C27H19NO/c29-28-18-19-9-8-12-21(17-19)27-24-15-6-4-13-22(24)26(20-10-2-1-3-11-20)23-14-5-7-16-25(23)27/h1-18,29H/b28-18+. The normalized spacial score (nSPS) is 11.4. The summed E-state index contributed by atoms with van der Waals surface area (Å²) in [7, 11) is 0. The quantitative estimate of drug-likeness (QED) is 0.155. The van der Waals surface area contributed by atoms with E-state index < -0.39 is 0 Å². The average molecular weight is 373 g/mol. The highest BCUT2D eigenvalue weighted by atomic mass is 16.4. The fraction of sp³-hybridized carbons (Fsp3) is 0. The van der Waals surface area contributed by atoms with Crippen LogP contribution in [0.2, 0.25) is 0 Å². The van der Waals surface area contributed by atoms with Crippen LogP contribution in [0.15, 0.2) is 108 Å². The number of hydrogen-bond donors (Lipinski definition) is 1. The largest absolute Gasteiger partial charge is 0.411 e. The molecule has 0 fully saturated rings. The summed E-state index contributed by atoms with van der Waals surface area (Å²) in [4.78, 5) is 0. The average Bonchev–Trinajstić information content (AvgIpc) is 2.78. The Morgan fingerprint density at radius 2 is 1.00 bits per heavy atom. The van der Waals surface area contributed by atoms with E-state index in [1.54, 1.807) is 0 Å². The van der Waals surface area contributed by atoms with E-state index in [0.717, 1.165) is 11.1 Å². The van der Waals surface area contributed by atoms with E-state index in [2.05, 4.69) is 96.2 Å². The summed E-state index contributed by atoms with van der Waals surface area (Å²) < 4.78 is 0. The number of hydrogen-bond acceptors (Lipinski definition) is 2. The molecule has 0 aliphatic rings. The van der Waals surface area contributed by atoms with Gasteiger partial charge in [-0.1, -0.05) is 102 Å². The Kier molecular flexibility index (Phi) is 4.30. The topological polar surface area (TPSA) is 32.6 Å². The molecule has 5 aromatic carbocycles. The first-order valence-corrected chi connectivity index (χ1v) is 9.63. The number of benzene rings is 5. The Morgan fingerprint density at radius 3 is 1.55 bits per heavy atom. The van der Waals surface area contributed by atoms with Gasteiger partial charge < -0.3 is 5.21 Å². The molecule has 0 heterocycles. The van der Waals surface area contributed by atoms with E-state index in [-0.39, 0.29) is 0 Å². The lowest BCUT2D eigenvalue weighted by Gasteiger charge is -2.17. The van der Waals surface area contributed by atoms with Gasteiger partial charge in [-0.25, -0.2) is 0 Å². The van der Waals surface area contributed by atoms with Gasteiger partial charge in [-0.05, 0) is 55.4 Å². The van der Waals surface area contributed by atoms with Crippen molar-refractivity contribution >= 4 is 27.8 Å². The molecule has 0 aliphatic carbocycles. The first kappa shape index (κ1) is 17.2. The molecule has 0 bridgehead atoms. The zero-order valence-corrected chi connectivity index (χ0v) is 15.8. The molecular weight excluding hydrogens is 354 g/mol. The molecule has 5 rings (SSSR count). The monoisotopic (exact) mass is 373 g/mol. The lowest BCUT2D eigenvalue weighted by atomic mass is 9.86. The van der Waals surface area contributed by atoms with Crippen molar-refractivity contribution in [2.75, 3.05) is 0 Å².